The lowest BCUT2D eigenvalue weighted by atomic mass is 9.90. The molecule has 1 atom stereocenters. The van der Waals surface area contributed by atoms with Gasteiger partial charge in [-0.3, -0.25) is 0 Å². The maximum absolute atomic E-state index is 5.80. The van der Waals surface area contributed by atoms with Crippen LogP contribution in [-0.4, -0.2) is 30.4 Å². The number of thioether (sulfide) groups is 1. The van der Waals surface area contributed by atoms with Gasteiger partial charge < -0.3 is 10.6 Å². The van der Waals surface area contributed by atoms with Crippen molar-refractivity contribution in [2.24, 2.45) is 11.7 Å². The lowest BCUT2D eigenvalue weighted by Gasteiger charge is -2.30. The number of piperidine rings is 1. The summed E-state index contributed by atoms with van der Waals surface area (Å²) in [5.74, 6) is 0.785. The van der Waals surface area contributed by atoms with Gasteiger partial charge in [-0.1, -0.05) is 5.57 Å². The van der Waals surface area contributed by atoms with Crippen LogP contribution in [0.4, 0.5) is 0 Å². The van der Waals surface area contributed by atoms with E-state index in [-0.39, 0.29) is 5.37 Å². The Morgan fingerprint density at radius 2 is 1.87 bits per heavy atom. The molecule has 0 bridgehead atoms. The Bertz CT molecular complexity index is 228. The molecule has 1 saturated heterocycles. The van der Waals surface area contributed by atoms with Gasteiger partial charge in [-0.2, -0.15) is 0 Å². The summed E-state index contributed by atoms with van der Waals surface area (Å²) >= 11 is 1.80. The van der Waals surface area contributed by atoms with E-state index in [2.05, 4.69) is 32.7 Å². The van der Waals surface area contributed by atoms with Gasteiger partial charge in [0.2, 0.25) is 0 Å². The summed E-state index contributed by atoms with van der Waals surface area (Å²) in [6.45, 7) is 9.01. The van der Waals surface area contributed by atoms with Crippen LogP contribution in [-0.2, 0) is 0 Å². The smallest absolute Gasteiger partial charge is 0.0522 e. The molecule has 0 spiro atoms. The van der Waals surface area contributed by atoms with Gasteiger partial charge in [0.15, 0.2) is 0 Å². The predicted octanol–water partition coefficient (Wildman–Crippen LogP) is 2.66. The number of likely N-dealkylation sites (tertiary alicyclic amines) is 1. The van der Waals surface area contributed by atoms with Crippen molar-refractivity contribution >= 4 is 11.8 Å². The molecule has 1 aliphatic heterocycles. The third kappa shape index (κ3) is 4.17. The second kappa shape index (κ2) is 5.92. The molecule has 1 unspecified atom stereocenters. The van der Waals surface area contributed by atoms with Crippen LogP contribution in [0.5, 0.6) is 0 Å². The summed E-state index contributed by atoms with van der Waals surface area (Å²) in [4.78, 5) is 3.84. The van der Waals surface area contributed by atoms with Crippen molar-refractivity contribution in [3.63, 3.8) is 0 Å². The van der Waals surface area contributed by atoms with Gasteiger partial charge in [0, 0.05) is 0 Å². The maximum atomic E-state index is 5.80. The van der Waals surface area contributed by atoms with Crippen LogP contribution in [0, 0.1) is 5.92 Å². The number of nitrogens with zero attached hydrogens (tertiary/aromatic N) is 1. The average Bonchev–Trinajstić information content (AvgIpc) is 2.17. The first-order chi connectivity index (χ1) is 7.00. The first-order valence-electron chi connectivity index (χ1n) is 5.79. The Balaban J connectivity index is 2.54. The maximum Gasteiger partial charge on any atom is 0.0522 e. The zero-order chi connectivity index (χ0) is 11.4. The van der Waals surface area contributed by atoms with Crippen molar-refractivity contribution in [1.82, 2.24) is 4.90 Å². The van der Waals surface area contributed by atoms with E-state index in [4.69, 9.17) is 5.73 Å². The van der Waals surface area contributed by atoms with Crippen molar-refractivity contribution in [1.29, 1.82) is 0 Å². The summed E-state index contributed by atoms with van der Waals surface area (Å²) in [5, 5.41) is 0.214. The second-order valence-electron chi connectivity index (χ2n) is 4.64. The summed E-state index contributed by atoms with van der Waals surface area (Å²) in [5.41, 5.74) is 7.36. The van der Waals surface area contributed by atoms with Gasteiger partial charge in [-0.15, -0.1) is 11.8 Å². The average molecular weight is 228 g/mol. The SMILES string of the molecule is C/C(SC(C)N)=C(/C)C1CCN(C)CC1. The highest BCUT2D eigenvalue weighted by atomic mass is 32.2. The zero-order valence-corrected chi connectivity index (χ0v) is 11.2. The molecule has 15 heavy (non-hydrogen) atoms. The molecule has 1 fully saturated rings. The van der Waals surface area contributed by atoms with E-state index in [1.54, 1.807) is 17.3 Å². The zero-order valence-electron chi connectivity index (χ0n) is 10.4. The lowest BCUT2D eigenvalue weighted by Crippen LogP contribution is -2.30. The van der Waals surface area contributed by atoms with Gasteiger partial charge in [-0.05, 0) is 64.6 Å². The van der Waals surface area contributed by atoms with Crippen LogP contribution < -0.4 is 5.73 Å². The molecule has 1 rings (SSSR count). The van der Waals surface area contributed by atoms with Crippen molar-refractivity contribution in [2.75, 3.05) is 20.1 Å². The largest absolute Gasteiger partial charge is 0.319 e. The Kier molecular flexibility index (Phi) is 5.16. The highest BCUT2D eigenvalue weighted by molar-refractivity contribution is 8.03. The fraction of sp³-hybridized carbons (Fsp3) is 0.833. The molecule has 3 heteroatoms. The molecule has 0 amide bonds. The highest BCUT2D eigenvalue weighted by Crippen LogP contribution is 2.31. The molecule has 0 aromatic rings. The fourth-order valence-corrected chi connectivity index (χ4v) is 3.01. The molecular formula is C12H24N2S. The number of nitrogens with two attached hydrogens (primary N) is 1. The molecule has 2 nitrogen and oxygen atoms in total. The molecular weight excluding hydrogens is 204 g/mol. The Hall–Kier alpha value is 0.01000. The van der Waals surface area contributed by atoms with Gasteiger partial charge in [0.05, 0.1) is 5.37 Å². The molecule has 1 aliphatic rings. The summed E-state index contributed by atoms with van der Waals surface area (Å²) in [6.07, 6.45) is 2.61. The fourth-order valence-electron chi connectivity index (χ4n) is 2.10. The first-order valence-corrected chi connectivity index (χ1v) is 6.67. The summed E-state index contributed by atoms with van der Waals surface area (Å²) < 4.78 is 0. The van der Waals surface area contributed by atoms with Crippen LogP contribution in [0.2, 0.25) is 0 Å². The van der Waals surface area contributed by atoms with E-state index in [1.165, 1.54) is 30.8 Å². The molecule has 0 aliphatic carbocycles. The standard InChI is InChI=1S/C12H24N2S/c1-9(10(2)15-11(3)13)12-5-7-14(4)8-6-12/h11-12H,5-8,13H2,1-4H3/b10-9+. The molecule has 0 radical (unpaired) electrons. The number of allylic oxidation sites excluding steroid dienone is 2. The molecule has 0 aromatic heterocycles. The monoisotopic (exact) mass is 228 g/mol. The quantitative estimate of drug-likeness (QED) is 0.753. The van der Waals surface area contributed by atoms with Crippen LogP contribution in [0.3, 0.4) is 0 Å². The topological polar surface area (TPSA) is 29.3 Å². The van der Waals surface area contributed by atoms with Crippen LogP contribution in [0.25, 0.3) is 0 Å². The highest BCUT2D eigenvalue weighted by Gasteiger charge is 2.19. The Morgan fingerprint density at radius 3 is 2.33 bits per heavy atom. The minimum Gasteiger partial charge on any atom is -0.319 e. The normalized spacial score (nSPS) is 23.8. The Labute approximate surface area is 98.3 Å². The van der Waals surface area contributed by atoms with E-state index >= 15 is 0 Å². The van der Waals surface area contributed by atoms with Crippen LogP contribution in [0.1, 0.15) is 33.6 Å². The summed E-state index contributed by atoms with van der Waals surface area (Å²) in [6, 6.07) is 0. The van der Waals surface area contributed by atoms with Crippen LogP contribution in [0.15, 0.2) is 10.5 Å². The minimum atomic E-state index is 0.214. The molecule has 0 aromatic carbocycles. The van der Waals surface area contributed by atoms with Crippen molar-refractivity contribution in [2.45, 2.75) is 39.0 Å². The predicted molar refractivity (Wildman–Crippen MR) is 69.8 cm³/mol. The number of hydrogen-bond donors (Lipinski definition) is 1. The van der Waals surface area contributed by atoms with E-state index in [0.717, 1.165) is 5.92 Å². The third-order valence-electron chi connectivity index (χ3n) is 3.25. The van der Waals surface area contributed by atoms with E-state index in [0.29, 0.717) is 0 Å². The second-order valence-corrected chi connectivity index (χ2v) is 6.23. The molecule has 0 saturated carbocycles. The van der Waals surface area contributed by atoms with Gasteiger partial charge >= 0.3 is 0 Å². The minimum absolute atomic E-state index is 0.214. The van der Waals surface area contributed by atoms with Gasteiger partial charge in [0.25, 0.3) is 0 Å². The van der Waals surface area contributed by atoms with Gasteiger partial charge in [-0.25, -0.2) is 0 Å². The van der Waals surface area contributed by atoms with Crippen molar-refractivity contribution in [3.05, 3.63) is 10.5 Å². The molecule has 88 valence electrons. The number of rotatable bonds is 3. The first kappa shape index (κ1) is 13.1. The molecule has 1 heterocycles. The van der Waals surface area contributed by atoms with Crippen molar-refractivity contribution in [3.8, 4) is 0 Å². The third-order valence-corrected chi connectivity index (χ3v) is 4.30. The van der Waals surface area contributed by atoms with E-state index < -0.39 is 0 Å². The molecule has 2 N–H and O–H groups in total. The number of hydrogen-bond acceptors (Lipinski definition) is 3. The van der Waals surface area contributed by atoms with Crippen LogP contribution >= 0.6 is 11.8 Å². The lowest BCUT2D eigenvalue weighted by molar-refractivity contribution is 0.238. The Morgan fingerprint density at radius 1 is 1.33 bits per heavy atom. The van der Waals surface area contributed by atoms with E-state index in [9.17, 15) is 0 Å². The van der Waals surface area contributed by atoms with E-state index in [1.807, 2.05) is 0 Å². The van der Waals surface area contributed by atoms with Crippen molar-refractivity contribution < 1.29 is 0 Å². The van der Waals surface area contributed by atoms with Gasteiger partial charge in [0.1, 0.15) is 0 Å². The summed E-state index contributed by atoms with van der Waals surface area (Å²) in [7, 11) is 2.21.